The first-order chi connectivity index (χ1) is 13.2. The lowest BCUT2D eigenvalue weighted by Crippen LogP contribution is -2.47. The zero-order valence-corrected chi connectivity index (χ0v) is 15.4. The Morgan fingerprint density at radius 3 is 2.41 bits per heavy atom. The van der Waals surface area contributed by atoms with E-state index in [2.05, 4.69) is 26.5 Å². The predicted molar refractivity (Wildman–Crippen MR) is 106 cm³/mol. The van der Waals surface area contributed by atoms with E-state index in [1.807, 2.05) is 30.3 Å². The number of ether oxygens (including phenoxy) is 1. The number of imidazole rings is 1. The normalized spacial score (nSPS) is 16.9. The number of piperazine rings is 1. The van der Waals surface area contributed by atoms with Gasteiger partial charge in [0, 0.05) is 50.4 Å². The Balaban J connectivity index is 1.39. The zero-order valence-electron chi connectivity index (χ0n) is 15.4. The first-order valence-electron chi connectivity index (χ1n) is 9.41. The molecule has 1 aromatic heterocycles. The molecule has 1 fully saturated rings. The smallest absolute Gasteiger partial charge is 0.206 e. The minimum absolute atomic E-state index is 0.226. The standard InChI is InChI=1S/C21H22N4O2/c1-27-16-7-5-15(6-8-16)23-11-13-24(14-12-23)21-22-18-4-2-3-17-19(26)9-10-25(21)20(17)18/h2-8H,9-14H2,1H3. The molecule has 0 atom stereocenters. The summed E-state index contributed by atoms with van der Waals surface area (Å²) in [6, 6.07) is 14.1. The summed E-state index contributed by atoms with van der Waals surface area (Å²) in [6.07, 6.45) is 0.557. The number of methoxy groups -OCH3 is 1. The van der Waals surface area contributed by atoms with E-state index >= 15 is 0 Å². The maximum atomic E-state index is 12.2. The highest BCUT2D eigenvalue weighted by molar-refractivity contribution is 6.08. The van der Waals surface area contributed by atoms with Gasteiger partial charge in [0.15, 0.2) is 5.78 Å². The average Bonchev–Trinajstić information content (AvgIpc) is 3.11. The van der Waals surface area contributed by atoms with E-state index in [-0.39, 0.29) is 5.78 Å². The van der Waals surface area contributed by atoms with Crippen molar-refractivity contribution in [2.75, 3.05) is 43.1 Å². The van der Waals surface area contributed by atoms with Gasteiger partial charge in [0.05, 0.1) is 18.1 Å². The fourth-order valence-electron chi connectivity index (χ4n) is 4.16. The number of rotatable bonds is 3. The molecule has 5 rings (SSSR count). The number of Topliss-reactive ketones (excluding diaryl/α,β-unsaturated/α-hetero) is 1. The first kappa shape index (κ1) is 16.2. The Morgan fingerprint density at radius 1 is 0.926 bits per heavy atom. The number of anilines is 2. The van der Waals surface area contributed by atoms with Crippen molar-refractivity contribution in [3.05, 3.63) is 48.0 Å². The topological polar surface area (TPSA) is 50.6 Å². The highest BCUT2D eigenvalue weighted by Gasteiger charge is 2.27. The van der Waals surface area contributed by atoms with E-state index in [0.29, 0.717) is 6.42 Å². The van der Waals surface area contributed by atoms with Crippen LogP contribution in [0.3, 0.4) is 0 Å². The van der Waals surface area contributed by atoms with Crippen LogP contribution in [-0.4, -0.2) is 48.6 Å². The molecule has 0 radical (unpaired) electrons. The second-order valence-electron chi connectivity index (χ2n) is 7.08. The van der Waals surface area contributed by atoms with Gasteiger partial charge in [-0.2, -0.15) is 0 Å². The second-order valence-corrected chi connectivity index (χ2v) is 7.08. The second kappa shape index (κ2) is 6.30. The molecule has 1 saturated heterocycles. The van der Waals surface area contributed by atoms with Crippen LogP contribution in [0.25, 0.3) is 11.0 Å². The molecule has 6 heteroatoms. The molecule has 2 aliphatic heterocycles. The third-order valence-electron chi connectivity index (χ3n) is 5.61. The molecule has 2 aliphatic rings. The molecule has 138 valence electrons. The molecule has 2 aromatic carbocycles. The Labute approximate surface area is 158 Å². The number of aromatic nitrogens is 2. The fraction of sp³-hybridized carbons (Fsp3) is 0.333. The Hall–Kier alpha value is -3.02. The summed E-state index contributed by atoms with van der Waals surface area (Å²) in [5.74, 6) is 2.11. The van der Waals surface area contributed by atoms with Crippen molar-refractivity contribution < 1.29 is 9.53 Å². The van der Waals surface area contributed by atoms with Crippen molar-refractivity contribution in [3.8, 4) is 5.75 Å². The maximum Gasteiger partial charge on any atom is 0.206 e. The van der Waals surface area contributed by atoms with Gasteiger partial charge in [0.2, 0.25) is 5.95 Å². The summed E-state index contributed by atoms with van der Waals surface area (Å²) >= 11 is 0. The van der Waals surface area contributed by atoms with Crippen molar-refractivity contribution >= 4 is 28.5 Å². The van der Waals surface area contributed by atoms with Crippen LogP contribution in [0.4, 0.5) is 11.6 Å². The summed E-state index contributed by atoms with van der Waals surface area (Å²) in [5.41, 5.74) is 3.96. The van der Waals surface area contributed by atoms with Crippen LogP contribution in [0.5, 0.6) is 5.75 Å². The van der Waals surface area contributed by atoms with Crippen molar-refractivity contribution in [1.82, 2.24) is 9.55 Å². The lowest BCUT2D eigenvalue weighted by atomic mass is 10.0. The van der Waals surface area contributed by atoms with Gasteiger partial charge in [-0.25, -0.2) is 4.98 Å². The monoisotopic (exact) mass is 362 g/mol. The minimum Gasteiger partial charge on any atom is -0.497 e. The third-order valence-corrected chi connectivity index (χ3v) is 5.61. The number of carbonyl (C=O) groups excluding carboxylic acids is 1. The third kappa shape index (κ3) is 2.63. The number of nitrogens with zero attached hydrogens (tertiary/aromatic N) is 4. The largest absolute Gasteiger partial charge is 0.497 e. The molecule has 0 N–H and O–H groups in total. The quantitative estimate of drug-likeness (QED) is 0.717. The highest BCUT2D eigenvalue weighted by atomic mass is 16.5. The lowest BCUT2D eigenvalue weighted by molar-refractivity contribution is 0.0973. The number of ketones is 1. The number of aryl methyl sites for hydroxylation is 1. The molecule has 0 spiro atoms. The Kier molecular flexibility index (Phi) is 3.77. The van der Waals surface area contributed by atoms with E-state index in [4.69, 9.17) is 9.72 Å². The number of hydrogen-bond acceptors (Lipinski definition) is 5. The maximum absolute atomic E-state index is 12.2. The van der Waals surface area contributed by atoms with Crippen molar-refractivity contribution in [2.24, 2.45) is 0 Å². The van der Waals surface area contributed by atoms with Gasteiger partial charge in [-0.05, 0) is 36.4 Å². The predicted octanol–water partition coefficient (Wildman–Crippen LogP) is 2.96. The van der Waals surface area contributed by atoms with E-state index in [1.165, 1.54) is 5.69 Å². The van der Waals surface area contributed by atoms with E-state index in [9.17, 15) is 4.79 Å². The summed E-state index contributed by atoms with van der Waals surface area (Å²) in [7, 11) is 1.69. The molecule has 3 aromatic rings. The van der Waals surface area contributed by atoms with E-state index in [1.54, 1.807) is 7.11 Å². The summed E-state index contributed by atoms with van der Waals surface area (Å²) < 4.78 is 7.48. The van der Waals surface area contributed by atoms with Gasteiger partial charge in [-0.15, -0.1) is 0 Å². The van der Waals surface area contributed by atoms with Crippen LogP contribution in [0.1, 0.15) is 16.8 Å². The number of para-hydroxylation sites is 1. The van der Waals surface area contributed by atoms with Crippen LogP contribution in [0.15, 0.2) is 42.5 Å². The molecule has 0 bridgehead atoms. The van der Waals surface area contributed by atoms with Crippen molar-refractivity contribution in [3.63, 3.8) is 0 Å². The van der Waals surface area contributed by atoms with Crippen molar-refractivity contribution in [2.45, 2.75) is 13.0 Å². The molecule has 0 aliphatic carbocycles. The molecule has 0 amide bonds. The van der Waals surface area contributed by atoms with Gasteiger partial charge in [-0.1, -0.05) is 6.07 Å². The average molecular weight is 362 g/mol. The Bertz CT molecular complexity index is 1000. The molecule has 3 heterocycles. The van der Waals surface area contributed by atoms with Gasteiger partial charge in [-0.3, -0.25) is 4.79 Å². The van der Waals surface area contributed by atoms with Gasteiger partial charge in [0.1, 0.15) is 5.75 Å². The van der Waals surface area contributed by atoms with E-state index < -0.39 is 0 Å². The Morgan fingerprint density at radius 2 is 1.67 bits per heavy atom. The summed E-state index contributed by atoms with van der Waals surface area (Å²) in [4.78, 5) is 21.8. The lowest BCUT2D eigenvalue weighted by Gasteiger charge is -2.37. The molecular formula is C21H22N4O2. The first-order valence-corrected chi connectivity index (χ1v) is 9.41. The van der Waals surface area contributed by atoms with Gasteiger partial charge >= 0.3 is 0 Å². The number of benzene rings is 2. The SMILES string of the molecule is COc1ccc(N2CCN(c3nc4cccc5c4n3CCC5=O)CC2)cc1. The van der Waals surface area contributed by atoms with Crippen LogP contribution in [-0.2, 0) is 6.54 Å². The zero-order chi connectivity index (χ0) is 18.4. The highest BCUT2D eigenvalue weighted by Crippen LogP contribution is 2.31. The van der Waals surface area contributed by atoms with Gasteiger partial charge in [0.25, 0.3) is 0 Å². The van der Waals surface area contributed by atoms with Crippen LogP contribution >= 0.6 is 0 Å². The van der Waals surface area contributed by atoms with E-state index in [0.717, 1.165) is 61.0 Å². The van der Waals surface area contributed by atoms with Crippen LogP contribution in [0, 0.1) is 0 Å². The summed E-state index contributed by atoms with van der Waals surface area (Å²) in [5, 5.41) is 0. The summed E-state index contributed by atoms with van der Waals surface area (Å²) in [6.45, 7) is 4.44. The minimum atomic E-state index is 0.226. The fourth-order valence-corrected chi connectivity index (χ4v) is 4.16. The molecule has 27 heavy (non-hydrogen) atoms. The van der Waals surface area contributed by atoms with Crippen LogP contribution < -0.4 is 14.5 Å². The number of hydrogen-bond donors (Lipinski definition) is 0. The molecule has 0 saturated carbocycles. The molecular weight excluding hydrogens is 340 g/mol. The van der Waals surface area contributed by atoms with Crippen LogP contribution in [0.2, 0.25) is 0 Å². The van der Waals surface area contributed by atoms with Gasteiger partial charge < -0.3 is 19.1 Å². The molecule has 0 unspecified atom stereocenters. The van der Waals surface area contributed by atoms with Crippen molar-refractivity contribution in [1.29, 1.82) is 0 Å². The number of carbonyl (C=O) groups is 1. The molecule has 6 nitrogen and oxygen atoms in total.